The van der Waals surface area contributed by atoms with Gasteiger partial charge >= 0.3 is 5.97 Å². The van der Waals surface area contributed by atoms with Gasteiger partial charge in [-0.2, -0.15) is 0 Å². The van der Waals surface area contributed by atoms with E-state index >= 15 is 0 Å². The van der Waals surface area contributed by atoms with Gasteiger partial charge in [0.2, 0.25) is 0 Å². The summed E-state index contributed by atoms with van der Waals surface area (Å²) in [6.45, 7) is 2.44. The van der Waals surface area contributed by atoms with Crippen molar-refractivity contribution in [3.8, 4) is 0 Å². The van der Waals surface area contributed by atoms with Crippen molar-refractivity contribution in [2.24, 2.45) is 0 Å². The quantitative estimate of drug-likeness (QED) is 0.433. The van der Waals surface area contributed by atoms with Crippen LogP contribution < -0.4 is 0 Å². The van der Waals surface area contributed by atoms with Crippen molar-refractivity contribution in [1.82, 2.24) is 19.5 Å². The van der Waals surface area contributed by atoms with E-state index in [1.54, 1.807) is 34.6 Å². The number of fused-ring (bicyclic) bond motifs is 1. The SMILES string of the molecule is CC(OC(=O)c1ccc2nncn2c1)C(=O)N(Cc1ccccc1)Cc1ccccc1. The van der Waals surface area contributed by atoms with Crippen LogP contribution in [0.3, 0.4) is 0 Å². The fourth-order valence-electron chi connectivity index (χ4n) is 3.30. The van der Waals surface area contributed by atoms with Gasteiger partial charge in [0.1, 0.15) is 6.33 Å². The number of hydrogen-bond acceptors (Lipinski definition) is 5. The van der Waals surface area contributed by atoms with E-state index in [0.717, 1.165) is 11.1 Å². The third-order valence-corrected chi connectivity index (χ3v) is 4.90. The molecule has 0 aliphatic heterocycles. The van der Waals surface area contributed by atoms with Crippen LogP contribution in [0.5, 0.6) is 0 Å². The van der Waals surface area contributed by atoms with Gasteiger partial charge in [-0.25, -0.2) is 4.79 Å². The first kappa shape index (κ1) is 20.3. The number of carbonyl (C=O) groups excluding carboxylic acids is 2. The number of rotatable bonds is 7. The lowest BCUT2D eigenvalue weighted by molar-refractivity contribution is -0.141. The van der Waals surface area contributed by atoms with Gasteiger partial charge in [-0.15, -0.1) is 10.2 Å². The van der Waals surface area contributed by atoms with Crippen molar-refractivity contribution >= 4 is 17.5 Å². The molecule has 4 rings (SSSR count). The van der Waals surface area contributed by atoms with Crippen LogP contribution in [0.4, 0.5) is 0 Å². The molecular weight excluding hydrogens is 392 g/mol. The van der Waals surface area contributed by atoms with E-state index in [1.807, 2.05) is 60.7 Å². The zero-order chi connectivity index (χ0) is 21.6. The Balaban J connectivity index is 1.49. The van der Waals surface area contributed by atoms with Gasteiger partial charge in [-0.05, 0) is 30.2 Å². The molecule has 7 nitrogen and oxygen atoms in total. The summed E-state index contributed by atoms with van der Waals surface area (Å²) in [4.78, 5) is 27.5. The van der Waals surface area contributed by atoms with E-state index in [2.05, 4.69) is 10.2 Å². The second-order valence-corrected chi connectivity index (χ2v) is 7.23. The number of pyridine rings is 1. The Kier molecular flexibility index (Phi) is 6.03. The van der Waals surface area contributed by atoms with Gasteiger partial charge in [0.05, 0.1) is 5.56 Å². The zero-order valence-electron chi connectivity index (χ0n) is 17.1. The van der Waals surface area contributed by atoms with Crippen LogP contribution in [-0.4, -0.2) is 37.5 Å². The summed E-state index contributed by atoms with van der Waals surface area (Å²) in [5.41, 5.74) is 2.95. The summed E-state index contributed by atoms with van der Waals surface area (Å²) >= 11 is 0. The fraction of sp³-hybridized carbons (Fsp3) is 0.167. The summed E-state index contributed by atoms with van der Waals surface area (Å²) in [7, 11) is 0. The lowest BCUT2D eigenvalue weighted by atomic mass is 10.1. The molecule has 0 aliphatic rings. The van der Waals surface area contributed by atoms with Gasteiger partial charge in [-0.1, -0.05) is 60.7 Å². The van der Waals surface area contributed by atoms with Crippen LogP contribution in [0.25, 0.3) is 5.65 Å². The summed E-state index contributed by atoms with van der Waals surface area (Å²) in [6.07, 6.45) is 2.15. The average molecular weight is 414 g/mol. The van der Waals surface area contributed by atoms with Crippen LogP contribution in [0.2, 0.25) is 0 Å². The number of aromatic nitrogens is 3. The first-order valence-electron chi connectivity index (χ1n) is 9.97. The summed E-state index contributed by atoms with van der Waals surface area (Å²) < 4.78 is 7.12. The number of nitrogens with zero attached hydrogens (tertiary/aromatic N) is 4. The fourth-order valence-corrected chi connectivity index (χ4v) is 3.30. The van der Waals surface area contributed by atoms with Crippen molar-refractivity contribution in [3.05, 3.63) is 102 Å². The molecular formula is C24H22N4O3. The smallest absolute Gasteiger partial charge is 0.340 e. The molecule has 0 fully saturated rings. The molecule has 1 unspecified atom stereocenters. The van der Waals surface area contributed by atoms with Crippen LogP contribution >= 0.6 is 0 Å². The maximum Gasteiger partial charge on any atom is 0.340 e. The number of carbonyl (C=O) groups is 2. The van der Waals surface area contributed by atoms with Gasteiger partial charge < -0.3 is 9.64 Å². The minimum Gasteiger partial charge on any atom is -0.449 e. The standard InChI is InChI=1S/C24H22N4O3/c1-18(31-24(30)21-12-13-22-26-25-17-28(22)16-21)23(29)27(14-19-8-4-2-5-9-19)15-20-10-6-3-7-11-20/h2-13,16-18H,14-15H2,1H3. The van der Waals surface area contributed by atoms with Crippen molar-refractivity contribution < 1.29 is 14.3 Å². The molecule has 0 spiro atoms. The average Bonchev–Trinajstić information content (AvgIpc) is 3.27. The highest BCUT2D eigenvalue weighted by Gasteiger charge is 2.25. The lowest BCUT2D eigenvalue weighted by Gasteiger charge is -2.26. The van der Waals surface area contributed by atoms with Gasteiger partial charge in [0.15, 0.2) is 11.8 Å². The van der Waals surface area contributed by atoms with Crippen LogP contribution in [0.1, 0.15) is 28.4 Å². The molecule has 0 aliphatic carbocycles. The van der Waals surface area contributed by atoms with E-state index < -0.39 is 12.1 Å². The molecule has 1 amide bonds. The highest BCUT2D eigenvalue weighted by atomic mass is 16.5. The Bertz CT molecular complexity index is 1130. The summed E-state index contributed by atoms with van der Waals surface area (Å²) in [5.74, 6) is -0.831. The zero-order valence-corrected chi connectivity index (χ0v) is 17.1. The second kappa shape index (κ2) is 9.21. The molecule has 0 bridgehead atoms. The third kappa shape index (κ3) is 4.95. The van der Waals surface area contributed by atoms with Crippen molar-refractivity contribution in [1.29, 1.82) is 0 Å². The maximum atomic E-state index is 13.2. The first-order chi connectivity index (χ1) is 15.1. The van der Waals surface area contributed by atoms with E-state index in [9.17, 15) is 9.59 Å². The van der Waals surface area contributed by atoms with Gasteiger partial charge in [0, 0.05) is 19.3 Å². The molecule has 0 saturated carbocycles. The minimum absolute atomic E-state index is 0.258. The number of ether oxygens (including phenoxy) is 1. The third-order valence-electron chi connectivity index (χ3n) is 4.90. The summed E-state index contributed by atoms with van der Waals surface area (Å²) in [5, 5.41) is 7.71. The number of amides is 1. The lowest BCUT2D eigenvalue weighted by Crippen LogP contribution is -2.39. The Morgan fingerprint density at radius 3 is 2.16 bits per heavy atom. The topological polar surface area (TPSA) is 76.8 Å². The summed E-state index contributed by atoms with van der Waals surface area (Å²) in [6, 6.07) is 22.8. The van der Waals surface area contributed by atoms with E-state index in [-0.39, 0.29) is 5.91 Å². The Morgan fingerprint density at radius 1 is 0.935 bits per heavy atom. The predicted molar refractivity (Wildman–Crippen MR) is 115 cm³/mol. The van der Waals surface area contributed by atoms with Gasteiger partial charge in [0.25, 0.3) is 5.91 Å². The highest BCUT2D eigenvalue weighted by Crippen LogP contribution is 2.14. The Hall–Kier alpha value is -4.00. The maximum absolute atomic E-state index is 13.2. The molecule has 156 valence electrons. The molecule has 2 aromatic heterocycles. The molecule has 2 aromatic carbocycles. The van der Waals surface area contributed by atoms with Crippen molar-refractivity contribution in [2.45, 2.75) is 26.1 Å². The second-order valence-electron chi connectivity index (χ2n) is 7.23. The largest absolute Gasteiger partial charge is 0.449 e. The predicted octanol–water partition coefficient (Wildman–Crippen LogP) is 3.50. The van der Waals surface area contributed by atoms with E-state index in [0.29, 0.717) is 24.3 Å². The van der Waals surface area contributed by atoms with Crippen molar-refractivity contribution in [3.63, 3.8) is 0 Å². The first-order valence-corrected chi connectivity index (χ1v) is 9.97. The number of hydrogen-bond donors (Lipinski definition) is 0. The molecule has 0 saturated heterocycles. The molecule has 7 heteroatoms. The molecule has 2 heterocycles. The highest BCUT2D eigenvalue weighted by molar-refractivity contribution is 5.92. The van der Waals surface area contributed by atoms with Crippen molar-refractivity contribution in [2.75, 3.05) is 0 Å². The Morgan fingerprint density at radius 2 is 1.55 bits per heavy atom. The normalized spacial score (nSPS) is 11.8. The molecule has 4 aromatic rings. The minimum atomic E-state index is -0.934. The number of esters is 1. The van der Waals surface area contributed by atoms with Crippen LogP contribution in [-0.2, 0) is 22.6 Å². The van der Waals surface area contributed by atoms with E-state index in [4.69, 9.17) is 4.74 Å². The monoisotopic (exact) mass is 414 g/mol. The molecule has 0 N–H and O–H groups in total. The molecule has 31 heavy (non-hydrogen) atoms. The van der Waals surface area contributed by atoms with Gasteiger partial charge in [-0.3, -0.25) is 9.20 Å². The Labute approximate surface area is 179 Å². The van der Waals surface area contributed by atoms with Crippen LogP contribution in [0.15, 0.2) is 85.3 Å². The molecule has 0 radical (unpaired) electrons. The number of benzene rings is 2. The molecule has 1 atom stereocenters. The van der Waals surface area contributed by atoms with Crippen LogP contribution in [0, 0.1) is 0 Å². The van der Waals surface area contributed by atoms with E-state index in [1.165, 1.54) is 6.33 Å².